The maximum absolute atomic E-state index is 13.0. The number of carboxylic acids is 1. The molecule has 2 heterocycles. The number of methoxy groups -OCH3 is 1. The van der Waals surface area contributed by atoms with Crippen molar-refractivity contribution in [1.29, 1.82) is 0 Å². The van der Waals surface area contributed by atoms with Gasteiger partial charge in [-0.3, -0.25) is 9.69 Å². The summed E-state index contributed by atoms with van der Waals surface area (Å²) in [5, 5.41) is 10.5. The van der Waals surface area contributed by atoms with Crippen LogP contribution in [-0.4, -0.2) is 74.5 Å². The molecule has 2 aromatic carbocycles. The topological polar surface area (TPSA) is 106 Å². The van der Waals surface area contributed by atoms with Crippen LogP contribution in [0.25, 0.3) is 0 Å². The third kappa shape index (κ3) is 6.08. The summed E-state index contributed by atoms with van der Waals surface area (Å²) in [7, 11) is -1.80. The van der Waals surface area contributed by atoms with E-state index in [1.54, 1.807) is 11.4 Å². The van der Waals surface area contributed by atoms with Crippen LogP contribution in [0.2, 0.25) is 0 Å². The quantitative estimate of drug-likeness (QED) is 0.400. The maximum atomic E-state index is 13.0. The molecule has 0 spiro atoms. The van der Waals surface area contributed by atoms with Crippen molar-refractivity contribution >= 4 is 16.0 Å². The van der Waals surface area contributed by atoms with E-state index in [2.05, 4.69) is 4.90 Å². The molecule has 10 heteroatoms. The van der Waals surface area contributed by atoms with E-state index in [1.807, 2.05) is 56.3 Å². The summed E-state index contributed by atoms with van der Waals surface area (Å²) in [5.74, 6) is 0.135. The molecule has 0 radical (unpaired) electrons. The number of carboxylic acid groups (broad SMARTS) is 1. The van der Waals surface area contributed by atoms with Gasteiger partial charge in [-0.15, -0.1) is 0 Å². The lowest BCUT2D eigenvalue weighted by Crippen LogP contribution is -2.40. The van der Waals surface area contributed by atoms with E-state index in [-0.39, 0.29) is 18.5 Å². The molecular weight excluding hydrogens is 508 g/mol. The number of hydrogen-bond donors (Lipinski definition) is 1. The number of sulfonamides is 1. The zero-order valence-electron chi connectivity index (χ0n) is 22.3. The Morgan fingerprint density at radius 3 is 2.42 bits per heavy atom. The van der Waals surface area contributed by atoms with Crippen molar-refractivity contribution in [3.8, 4) is 17.2 Å². The van der Waals surface area contributed by atoms with Crippen molar-refractivity contribution < 1.29 is 32.5 Å². The summed E-state index contributed by atoms with van der Waals surface area (Å²) in [6, 6.07) is 12.6. The van der Waals surface area contributed by atoms with Crippen LogP contribution in [0.3, 0.4) is 0 Å². The molecule has 0 amide bonds. The smallest absolute Gasteiger partial charge is 0.309 e. The molecule has 2 aromatic rings. The lowest BCUT2D eigenvalue weighted by atomic mass is 9.82. The molecule has 38 heavy (non-hydrogen) atoms. The number of fused-ring (bicyclic) bond motifs is 1. The Kier molecular flexibility index (Phi) is 9.17. The van der Waals surface area contributed by atoms with Crippen molar-refractivity contribution in [3.05, 3.63) is 53.6 Å². The molecule has 0 saturated carbocycles. The molecule has 1 fully saturated rings. The summed E-state index contributed by atoms with van der Waals surface area (Å²) in [6.07, 6.45) is 2.14. The summed E-state index contributed by atoms with van der Waals surface area (Å²) < 4.78 is 44.0. The van der Waals surface area contributed by atoms with E-state index >= 15 is 0 Å². The Bertz CT molecular complexity index is 1200. The molecule has 0 bridgehead atoms. The molecule has 1 saturated heterocycles. The highest BCUT2D eigenvalue weighted by molar-refractivity contribution is 7.89. The number of aliphatic carboxylic acids is 1. The van der Waals surface area contributed by atoms with Crippen molar-refractivity contribution in [2.24, 2.45) is 5.92 Å². The zero-order chi connectivity index (χ0) is 27.3. The SMILES string of the molecule is CCCCS(=O)(=O)N(CCC)CCN1CC(c2ccc3c(c2)OCO3)C(C(=O)O)C1c1ccc(OC)cc1. The standard InChI is InChI=1S/C28H38N2O7S/c1-4-6-16-38(33,34)30(13-5-2)15-14-29-18-23(21-9-12-24-25(17-21)37-19-36-24)26(28(31)32)27(29)20-7-10-22(35-3)11-8-20/h7-12,17,23,26-27H,4-6,13-16,18-19H2,1-3H3,(H,31,32). The summed E-state index contributed by atoms with van der Waals surface area (Å²) in [6.45, 7) is 5.75. The number of nitrogens with zero attached hydrogens (tertiary/aromatic N) is 2. The van der Waals surface area contributed by atoms with Gasteiger partial charge in [-0.2, -0.15) is 0 Å². The number of carbonyl (C=O) groups is 1. The average Bonchev–Trinajstić information content (AvgIpc) is 3.54. The maximum Gasteiger partial charge on any atom is 0.309 e. The normalized spacial score (nSPS) is 21.2. The highest BCUT2D eigenvalue weighted by Crippen LogP contribution is 2.47. The minimum atomic E-state index is -3.39. The van der Waals surface area contributed by atoms with Gasteiger partial charge in [0, 0.05) is 38.1 Å². The predicted molar refractivity (Wildman–Crippen MR) is 144 cm³/mol. The lowest BCUT2D eigenvalue weighted by Gasteiger charge is -2.30. The van der Waals surface area contributed by atoms with E-state index in [1.165, 1.54) is 0 Å². The van der Waals surface area contributed by atoms with Crippen LogP contribution in [0.4, 0.5) is 0 Å². The molecule has 1 N–H and O–H groups in total. The molecule has 9 nitrogen and oxygen atoms in total. The number of rotatable bonds is 13. The monoisotopic (exact) mass is 546 g/mol. The van der Waals surface area contributed by atoms with Gasteiger partial charge in [-0.05, 0) is 48.2 Å². The van der Waals surface area contributed by atoms with Crippen LogP contribution < -0.4 is 14.2 Å². The Hall–Kier alpha value is -2.82. The minimum absolute atomic E-state index is 0.128. The molecule has 3 atom stereocenters. The number of hydrogen-bond acceptors (Lipinski definition) is 7. The highest BCUT2D eigenvalue weighted by Gasteiger charge is 2.47. The largest absolute Gasteiger partial charge is 0.497 e. The van der Waals surface area contributed by atoms with Gasteiger partial charge < -0.3 is 19.3 Å². The summed E-state index contributed by atoms with van der Waals surface area (Å²) >= 11 is 0. The number of likely N-dealkylation sites (tertiary alicyclic amines) is 1. The second kappa shape index (κ2) is 12.4. The van der Waals surface area contributed by atoms with Gasteiger partial charge in [-0.25, -0.2) is 12.7 Å². The molecule has 3 unspecified atom stereocenters. The van der Waals surface area contributed by atoms with Gasteiger partial charge in [0.1, 0.15) is 5.75 Å². The number of unbranched alkanes of at least 4 members (excludes halogenated alkanes) is 1. The Balaban J connectivity index is 1.66. The Morgan fingerprint density at radius 1 is 1.05 bits per heavy atom. The van der Waals surface area contributed by atoms with Crippen molar-refractivity contribution in [2.75, 3.05) is 45.8 Å². The first-order valence-electron chi connectivity index (χ1n) is 13.3. The third-order valence-electron chi connectivity index (χ3n) is 7.42. The number of ether oxygens (including phenoxy) is 3. The minimum Gasteiger partial charge on any atom is -0.497 e. The van der Waals surface area contributed by atoms with Gasteiger partial charge in [0.2, 0.25) is 16.8 Å². The molecule has 2 aliphatic rings. The van der Waals surface area contributed by atoms with Crippen molar-refractivity contribution in [3.63, 3.8) is 0 Å². The van der Waals surface area contributed by atoms with Gasteiger partial charge in [0.15, 0.2) is 11.5 Å². The van der Waals surface area contributed by atoms with E-state index in [0.717, 1.165) is 17.5 Å². The molecule has 0 aliphatic carbocycles. The van der Waals surface area contributed by atoms with Crippen LogP contribution >= 0.6 is 0 Å². The molecule has 4 rings (SSSR count). The number of benzene rings is 2. The van der Waals surface area contributed by atoms with Gasteiger partial charge in [-0.1, -0.05) is 38.5 Å². The Labute approximate surface area is 225 Å². The fourth-order valence-electron chi connectivity index (χ4n) is 5.48. The first-order valence-corrected chi connectivity index (χ1v) is 14.9. The fraction of sp³-hybridized carbons (Fsp3) is 0.536. The second-order valence-electron chi connectivity index (χ2n) is 9.86. The van der Waals surface area contributed by atoms with E-state index in [0.29, 0.717) is 56.3 Å². The van der Waals surface area contributed by atoms with E-state index in [9.17, 15) is 18.3 Å². The first kappa shape index (κ1) is 28.2. The van der Waals surface area contributed by atoms with Crippen LogP contribution in [0.1, 0.15) is 56.2 Å². The third-order valence-corrected chi connectivity index (χ3v) is 9.38. The van der Waals surface area contributed by atoms with Crippen molar-refractivity contribution in [1.82, 2.24) is 9.21 Å². The van der Waals surface area contributed by atoms with Crippen LogP contribution in [0.15, 0.2) is 42.5 Å². The molecule has 208 valence electrons. The van der Waals surface area contributed by atoms with Crippen LogP contribution in [0.5, 0.6) is 17.2 Å². The van der Waals surface area contributed by atoms with Crippen molar-refractivity contribution in [2.45, 2.75) is 45.1 Å². The summed E-state index contributed by atoms with van der Waals surface area (Å²) in [5.41, 5.74) is 1.72. The van der Waals surface area contributed by atoms with Gasteiger partial charge in [0.25, 0.3) is 0 Å². The summed E-state index contributed by atoms with van der Waals surface area (Å²) in [4.78, 5) is 14.9. The van der Waals surface area contributed by atoms with E-state index < -0.39 is 28.0 Å². The average molecular weight is 547 g/mol. The molecule has 0 aromatic heterocycles. The van der Waals surface area contributed by atoms with Crippen LogP contribution in [-0.2, 0) is 14.8 Å². The predicted octanol–water partition coefficient (Wildman–Crippen LogP) is 4.11. The van der Waals surface area contributed by atoms with Gasteiger partial charge >= 0.3 is 5.97 Å². The Morgan fingerprint density at radius 2 is 1.76 bits per heavy atom. The second-order valence-corrected chi connectivity index (χ2v) is 12.0. The van der Waals surface area contributed by atoms with Gasteiger partial charge in [0.05, 0.1) is 18.8 Å². The molecular formula is C28H38N2O7S. The van der Waals surface area contributed by atoms with E-state index in [4.69, 9.17) is 14.2 Å². The lowest BCUT2D eigenvalue weighted by molar-refractivity contribution is -0.143. The first-order chi connectivity index (χ1) is 18.3. The van der Waals surface area contributed by atoms with Crippen LogP contribution in [0, 0.1) is 5.92 Å². The highest BCUT2D eigenvalue weighted by atomic mass is 32.2. The molecule has 2 aliphatic heterocycles. The fourth-order valence-corrected chi connectivity index (χ4v) is 7.21. The zero-order valence-corrected chi connectivity index (χ0v) is 23.2.